The van der Waals surface area contributed by atoms with Gasteiger partial charge in [-0.3, -0.25) is 9.58 Å². The number of hydrogen-bond donors (Lipinski definition) is 2. The maximum Gasteiger partial charge on any atom is 0.358 e. The summed E-state index contributed by atoms with van der Waals surface area (Å²) in [4.78, 5) is 12.8. The highest BCUT2D eigenvalue weighted by Crippen LogP contribution is 2.10. The van der Waals surface area contributed by atoms with Gasteiger partial charge < -0.3 is 14.9 Å². The number of aromatic carboxylic acids is 1. The maximum atomic E-state index is 10.7. The first kappa shape index (κ1) is 13.9. The summed E-state index contributed by atoms with van der Waals surface area (Å²) in [7, 11) is 0. The van der Waals surface area contributed by atoms with Crippen molar-refractivity contribution in [3.63, 3.8) is 0 Å². The number of aromatic nitrogens is 3. The van der Waals surface area contributed by atoms with Gasteiger partial charge >= 0.3 is 5.97 Å². The molecular weight excluding hydrogens is 252 g/mol. The van der Waals surface area contributed by atoms with E-state index in [1.54, 1.807) is 0 Å². The molecule has 106 valence electrons. The molecule has 0 radical (unpaired) electrons. The minimum atomic E-state index is -1.08. The number of rotatable bonds is 5. The Bertz CT molecular complexity index is 436. The lowest BCUT2D eigenvalue weighted by Crippen LogP contribution is -2.48. The topological polar surface area (TPSA) is 101 Å². The quantitative estimate of drug-likeness (QED) is 0.712. The summed E-state index contributed by atoms with van der Waals surface area (Å²) in [5, 5.41) is 25.2. The van der Waals surface area contributed by atoms with Gasteiger partial charge in [-0.2, -0.15) is 0 Å². The zero-order chi connectivity index (χ0) is 13.8. The highest BCUT2D eigenvalue weighted by atomic mass is 16.5. The van der Waals surface area contributed by atoms with Crippen LogP contribution in [-0.4, -0.2) is 74.5 Å². The van der Waals surface area contributed by atoms with Crippen molar-refractivity contribution >= 4 is 5.97 Å². The third kappa shape index (κ3) is 3.72. The fraction of sp³-hybridized carbons (Fsp3) is 0.727. The fourth-order valence-electron chi connectivity index (χ4n) is 2.17. The highest BCUT2D eigenvalue weighted by molar-refractivity contribution is 5.84. The molecule has 1 aromatic heterocycles. The van der Waals surface area contributed by atoms with Gasteiger partial charge in [-0.25, -0.2) is 4.79 Å². The number of carboxylic acids is 1. The average Bonchev–Trinajstić information content (AvgIpc) is 2.84. The number of nitrogens with zero attached hydrogens (tertiary/aromatic N) is 4. The summed E-state index contributed by atoms with van der Waals surface area (Å²) in [5.74, 6) is -1.08. The number of hydrogen-bond acceptors (Lipinski definition) is 6. The SMILES string of the molecule is CC1CN(CCn2cc(C(=O)O)nn2)CC(CO)O1. The Kier molecular flexibility index (Phi) is 4.46. The van der Waals surface area contributed by atoms with E-state index in [-0.39, 0.29) is 24.5 Å². The Morgan fingerprint density at radius 1 is 1.53 bits per heavy atom. The third-order valence-corrected chi connectivity index (χ3v) is 3.01. The van der Waals surface area contributed by atoms with E-state index in [1.165, 1.54) is 10.9 Å². The minimum Gasteiger partial charge on any atom is -0.476 e. The molecule has 2 atom stereocenters. The van der Waals surface area contributed by atoms with Crippen LogP contribution in [0.4, 0.5) is 0 Å². The van der Waals surface area contributed by atoms with E-state index in [0.29, 0.717) is 19.6 Å². The number of aliphatic hydroxyl groups excluding tert-OH is 1. The second kappa shape index (κ2) is 6.09. The zero-order valence-electron chi connectivity index (χ0n) is 10.8. The van der Waals surface area contributed by atoms with Gasteiger partial charge in [0, 0.05) is 19.6 Å². The monoisotopic (exact) mass is 270 g/mol. The van der Waals surface area contributed by atoms with E-state index in [9.17, 15) is 4.79 Å². The van der Waals surface area contributed by atoms with Crippen molar-refractivity contribution in [3.8, 4) is 0 Å². The van der Waals surface area contributed by atoms with Crippen molar-refractivity contribution < 1.29 is 19.7 Å². The van der Waals surface area contributed by atoms with Gasteiger partial charge in [0.1, 0.15) is 0 Å². The zero-order valence-corrected chi connectivity index (χ0v) is 10.8. The normalized spacial score (nSPS) is 24.5. The number of carbonyl (C=O) groups is 1. The molecule has 1 fully saturated rings. The lowest BCUT2D eigenvalue weighted by Gasteiger charge is -2.35. The van der Waals surface area contributed by atoms with Crippen LogP contribution in [0.2, 0.25) is 0 Å². The van der Waals surface area contributed by atoms with Gasteiger partial charge in [0.25, 0.3) is 0 Å². The average molecular weight is 270 g/mol. The van der Waals surface area contributed by atoms with Crippen molar-refractivity contribution in [2.24, 2.45) is 0 Å². The highest BCUT2D eigenvalue weighted by Gasteiger charge is 2.24. The number of ether oxygens (including phenoxy) is 1. The summed E-state index contributed by atoms with van der Waals surface area (Å²) in [6.07, 6.45) is 1.33. The summed E-state index contributed by atoms with van der Waals surface area (Å²) < 4.78 is 7.06. The van der Waals surface area contributed by atoms with E-state index >= 15 is 0 Å². The van der Waals surface area contributed by atoms with Crippen LogP contribution in [0.1, 0.15) is 17.4 Å². The third-order valence-electron chi connectivity index (χ3n) is 3.01. The van der Waals surface area contributed by atoms with Crippen LogP contribution >= 0.6 is 0 Å². The molecular formula is C11H18N4O4. The van der Waals surface area contributed by atoms with Crippen LogP contribution in [0.15, 0.2) is 6.20 Å². The molecule has 2 rings (SSSR count). The number of aliphatic hydroxyl groups is 1. The van der Waals surface area contributed by atoms with E-state index < -0.39 is 5.97 Å². The predicted molar refractivity (Wildman–Crippen MR) is 64.8 cm³/mol. The molecule has 8 heteroatoms. The Hall–Kier alpha value is -1.51. The number of carboxylic acid groups (broad SMARTS) is 1. The molecule has 1 saturated heterocycles. The summed E-state index contributed by atoms with van der Waals surface area (Å²) in [6, 6.07) is 0. The summed E-state index contributed by atoms with van der Waals surface area (Å²) in [5.41, 5.74) is -0.0522. The lowest BCUT2D eigenvalue weighted by molar-refractivity contribution is -0.0957. The second-order valence-corrected chi connectivity index (χ2v) is 4.68. The second-order valence-electron chi connectivity index (χ2n) is 4.68. The molecule has 0 amide bonds. The van der Waals surface area contributed by atoms with Gasteiger partial charge in [-0.15, -0.1) is 5.10 Å². The molecule has 0 aromatic carbocycles. The van der Waals surface area contributed by atoms with Gasteiger partial charge in [-0.05, 0) is 6.92 Å². The Balaban J connectivity index is 1.85. The molecule has 1 aromatic rings. The van der Waals surface area contributed by atoms with E-state index in [4.69, 9.17) is 14.9 Å². The molecule has 1 aliphatic rings. The first-order chi connectivity index (χ1) is 9.08. The van der Waals surface area contributed by atoms with E-state index in [2.05, 4.69) is 15.2 Å². The van der Waals surface area contributed by atoms with Crippen molar-refractivity contribution in [2.45, 2.75) is 25.7 Å². The Morgan fingerprint density at radius 2 is 2.32 bits per heavy atom. The van der Waals surface area contributed by atoms with Gasteiger partial charge in [0.15, 0.2) is 5.69 Å². The van der Waals surface area contributed by atoms with Crippen LogP contribution in [-0.2, 0) is 11.3 Å². The van der Waals surface area contributed by atoms with Gasteiger partial charge in [0.2, 0.25) is 0 Å². The standard InChI is InChI=1S/C11H18N4O4/c1-8-4-14(5-9(7-16)19-8)2-3-15-6-10(11(17)18)12-13-15/h6,8-9,16H,2-5,7H2,1H3,(H,17,18). The summed E-state index contributed by atoms with van der Waals surface area (Å²) >= 11 is 0. The van der Waals surface area contributed by atoms with Gasteiger partial charge in [-0.1, -0.05) is 5.21 Å². The first-order valence-corrected chi connectivity index (χ1v) is 6.20. The molecule has 2 N–H and O–H groups in total. The van der Waals surface area contributed by atoms with Crippen LogP contribution in [0, 0.1) is 0 Å². The van der Waals surface area contributed by atoms with Crippen LogP contribution in [0.5, 0.6) is 0 Å². The first-order valence-electron chi connectivity index (χ1n) is 6.20. The number of morpholine rings is 1. The largest absolute Gasteiger partial charge is 0.476 e. The van der Waals surface area contributed by atoms with E-state index in [0.717, 1.165) is 6.54 Å². The van der Waals surface area contributed by atoms with Crippen LogP contribution in [0.3, 0.4) is 0 Å². The fourth-order valence-corrected chi connectivity index (χ4v) is 2.17. The molecule has 0 aliphatic carbocycles. The smallest absolute Gasteiger partial charge is 0.358 e. The molecule has 19 heavy (non-hydrogen) atoms. The van der Waals surface area contributed by atoms with Gasteiger partial charge in [0.05, 0.1) is 31.6 Å². The van der Waals surface area contributed by atoms with Crippen molar-refractivity contribution in [2.75, 3.05) is 26.2 Å². The lowest BCUT2D eigenvalue weighted by atomic mass is 10.2. The van der Waals surface area contributed by atoms with Crippen LogP contribution < -0.4 is 0 Å². The Labute approximate surface area is 110 Å². The Morgan fingerprint density at radius 3 is 2.95 bits per heavy atom. The van der Waals surface area contributed by atoms with Crippen molar-refractivity contribution in [1.29, 1.82) is 0 Å². The molecule has 0 saturated carbocycles. The molecule has 2 heterocycles. The van der Waals surface area contributed by atoms with E-state index in [1.807, 2.05) is 6.92 Å². The molecule has 1 aliphatic heterocycles. The maximum absolute atomic E-state index is 10.7. The summed E-state index contributed by atoms with van der Waals surface area (Å²) in [6.45, 7) is 4.70. The van der Waals surface area contributed by atoms with Crippen LogP contribution in [0.25, 0.3) is 0 Å². The molecule has 0 spiro atoms. The van der Waals surface area contributed by atoms with Crippen molar-refractivity contribution in [1.82, 2.24) is 19.9 Å². The van der Waals surface area contributed by atoms with Crippen molar-refractivity contribution in [3.05, 3.63) is 11.9 Å². The predicted octanol–water partition coefficient (Wildman–Crippen LogP) is -0.942. The molecule has 0 bridgehead atoms. The molecule has 2 unspecified atom stereocenters. The molecule has 8 nitrogen and oxygen atoms in total. The minimum absolute atomic E-state index is 0.00727.